The number of nitrogens with one attached hydrogen (secondary N) is 1. The van der Waals surface area contributed by atoms with Crippen LogP contribution in [0.1, 0.15) is 32.4 Å². The van der Waals surface area contributed by atoms with Gasteiger partial charge in [-0.1, -0.05) is 13.8 Å². The van der Waals surface area contributed by atoms with Crippen molar-refractivity contribution in [3.63, 3.8) is 0 Å². The molecule has 0 amide bonds. The third-order valence-corrected chi connectivity index (χ3v) is 3.81. The molecule has 112 valence electrons. The molecule has 0 radical (unpaired) electrons. The van der Waals surface area contributed by atoms with Gasteiger partial charge in [0.25, 0.3) is 0 Å². The summed E-state index contributed by atoms with van der Waals surface area (Å²) in [5.41, 5.74) is 2.36. The largest absolute Gasteiger partial charge is 0.381 e. The summed E-state index contributed by atoms with van der Waals surface area (Å²) >= 11 is 0. The van der Waals surface area contributed by atoms with Crippen LogP contribution in [0.15, 0.2) is 18.3 Å². The summed E-state index contributed by atoms with van der Waals surface area (Å²) in [6, 6.07) is 4.77. The highest BCUT2D eigenvalue weighted by Gasteiger charge is 2.16. The molecule has 0 unspecified atom stereocenters. The summed E-state index contributed by atoms with van der Waals surface area (Å²) in [6.07, 6.45) is 4.27. The Bertz CT molecular complexity index is 402. The second-order valence-corrected chi connectivity index (χ2v) is 5.98. The van der Waals surface area contributed by atoms with Crippen LogP contribution in [0.3, 0.4) is 0 Å². The number of rotatable bonds is 6. The van der Waals surface area contributed by atoms with Gasteiger partial charge in [-0.15, -0.1) is 0 Å². The molecule has 0 bridgehead atoms. The summed E-state index contributed by atoms with van der Waals surface area (Å²) in [6.45, 7) is 8.07. The van der Waals surface area contributed by atoms with Gasteiger partial charge in [0.1, 0.15) is 0 Å². The van der Waals surface area contributed by atoms with Crippen LogP contribution in [0.4, 0.5) is 5.69 Å². The average Bonchev–Trinajstić information content (AvgIpc) is 2.46. The number of hydrogen-bond acceptors (Lipinski definition) is 4. The van der Waals surface area contributed by atoms with Crippen LogP contribution >= 0.6 is 0 Å². The van der Waals surface area contributed by atoms with Crippen molar-refractivity contribution in [2.24, 2.45) is 5.92 Å². The molecule has 1 aliphatic heterocycles. The minimum Gasteiger partial charge on any atom is -0.381 e. The fourth-order valence-corrected chi connectivity index (χ4v) is 2.53. The third kappa shape index (κ3) is 4.76. The summed E-state index contributed by atoms with van der Waals surface area (Å²) in [4.78, 5) is 6.78. The van der Waals surface area contributed by atoms with E-state index < -0.39 is 0 Å². The second-order valence-electron chi connectivity index (χ2n) is 5.98. The molecule has 0 aromatic carbocycles. The van der Waals surface area contributed by atoms with Gasteiger partial charge < -0.3 is 15.0 Å². The zero-order valence-corrected chi connectivity index (χ0v) is 12.9. The smallest absolute Gasteiger partial charge is 0.0562 e. The van der Waals surface area contributed by atoms with Gasteiger partial charge in [0.05, 0.1) is 5.69 Å². The first kappa shape index (κ1) is 15.3. The minimum atomic E-state index is 0.487. The molecule has 1 N–H and O–H groups in total. The molecule has 1 fully saturated rings. The van der Waals surface area contributed by atoms with Crippen molar-refractivity contribution in [3.8, 4) is 0 Å². The van der Waals surface area contributed by atoms with Crippen molar-refractivity contribution in [1.82, 2.24) is 10.3 Å². The molecule has 0 spiro atoms. The standard InChI is InChI=1S/C16H27N3O/c1-13(2)18-11-15-10-16(4-7-17-15)19(3)12-14-5-8-20-9-6-14/h4,7,10,13-14,18H,5-6,8-9,11-12H2,1-3H3. The van der Waals surface area contributed by atoms with Crippen LogP contribution in [0.2, 0.25) is 0 Å². The maximum absolute atomic E-state index is 5.42. The van der Waals surface area contributed by atoms with Gasteiger partial charge in [-0.3, -0.25) is 4.98 Å². The fourth-order valence-electron chi connectivity index (χ4n) is 2.53. The Morgan fingerprint density at radius 2 is 2.15 bits per heavy atom. The van der Waals surface area contributed by atoms with Crippen LogP contribution in [0, 0.1) is 5.92 Å². The van der Waals surface area contributed by atoms with E-state index in [1.807, 2.05) is 6.20 Å². The molecule has 2 rings (SSSR count). The first-order valence-corrected chi connectivity index (χ1v) is 7.62. The molecule has 1 aromatic rings. The summed E-state index contributed by atoms with van der Waals surface area (Å²) in [5.74, 6) is 0.749. The van der Waals surface area contributed by atoms with Crippen molar-refractivity contribution in [3.05, 3.63) is 24.0 Å². The Balaban J connectivity index is 1.91. The zero-order chi connectivity index (χ0) is 14.4. The normalized spacial score (nSPS) is 16.6. The molecule has 20 heavy (non-hydrogen) atoms. The van der Waals surface area contributed by atoms with Crippen LogP contribution < -0.4 is 10.2 Å². The van der Waals surface area contributed by atoms with Gasteiger partial charge >= 0.3 is 0 Å². The third-order valence-electron chi connectivity index (χ3n) is 3.81. The van der Waals surface area contributed by atoms with E-state index in [4.69, 9.17) is 4.74 Å². The maximum atomic E-state index is 5.42. The van der Waals surface area contributed by atoms with Gasteiger partial charge in [0, 0.05) is 51.3 Å². The van der Waals surface area contributed by atoms with Crippen molar-refractivity contribution in [2.45, 2.75) is 39.3 Å². The molecule has 4 nitrogen and oxygen atoms in total. The van der Waals surface area contributed by atoms with E-state index >= 15 is 0 Å². The molecule has 0 saturated carbocycles. The molecule has 1 saturated heterocycles. The lowest BCUT2D eigenvalue weighted by Crippen LogP contribution is -2.29. The molecule has 1 aliphatic rings. The minimum absolute atomic E-state index is 0.487. The van der Waals surface area contributed by atoms with Gasteiger partial charge in [-0.25, -0.2) is 0 Å². The number of hydrogen-bond donors (Lipinski definition) is 1. The van der Waals surface area contributed by atoms with E-state index in [0.717, 1.165) is 37.9 Å². The zero-order valence-electron chi connectivity index (χ0n) is 12.9. The lowest BCUT2D eigenvalue weighted by atomic mass is 10.00. The molecule has 0 aliphatic carbocycles. The monoisotopic (exact) mass is 277 g/mol. The molecular weight excluding hydrogens is 250 g/mol. The molecular formula is C16H27N3O. The number of anilines is 1. The SMILES string of the molecule is CC(C)NCc1cc(N(C)CC2CCOCC2)ccn1. The Morgan fingerprint density at radius 3 is 2.85 bits per heavy atom. The molecule has 2 heterocycles. The summed E-state index contributed by atoms with van der Waals surface area (Å²) in [5, 5.41) is 3.41. The lowest BCUT2D eigenvalue weighted by Gasteiger charge is -2.28. The van der Waals surface area contributed by atoms with Crippen molar-refractivity contribution in [1.29, 1.82) is 0 Å². The highest BCUT2D eigenvalue weighted by molar-refractivity contribution is 5.45. The summed E-state index contributed by atoms with van der Waals surface area (Å²) in [7, 11) is 2.17. The van der Waals surface area contributed by atoms with E-state index in [2.05, 4.69) is 48.2 Å². The highest BCUT2D eigenvalue weighted by atomic mass is 16.5. The van der Waals surface area contributed by atoms with Gasteiger partial charge in [0.2, 0.25) is 0 Å². The van der Waals surface area contributed by atoms with Crippen LogP contribution in [0.5, 0.6) is 0 Å². The Morgan fingerprint density at radius 1 is 1.40 bits per heavy atom. The van der Waals surface area contributed by atoms with Crippen molar-refractivity contribution >= 4 is 5.69 Å². The topological polar surface area (TPSA) is 37.4 Å². The van der Waals surface area contributed by atoms with Crippen molar-refractivity contribution in [2.75, 3.05) is 31.7 Å². The number of nitrogens with zero attached hydrogens (tertiary/aromatic N) is 2. The molecule has 1 aromatic heterocycles. The van der Waals surface area contributed by atoms with Gasteiger partial charge in [-0.2, -0.15) is 0 Å². The first-order valence-electron chi connectivity index (χ1n) is 7.62. The van der Waals surface area contributed by atoms with Crippen LogP contribution in [-0.2, 0) is 11.3 Å². The number of aromatic nitrogens is 1. The van der Waals surface area contributed by atoms with Crippen LogP contribution in [-0.4, -0.2) is 37.8 Å². The van der Waals surface area contributed by atoms with E-state index in [9.17, 15) is 0 Å². The maximum Gasteiger partial charge on any atom is 0.0562 e. The van der Waals surface area contributed by atoms with E-state index in [1.165, 1.54) is 18.5 Å². The quantitative estimate of drug-likeness (QED) is 0.866. The average molecular weight is 277 g/mol. The second kappa shape index (κ2) is 7.60. The first-order chi connectivity index (χ1) is 9.65. The lowest BCUT2D eigenvalue weighted by molar-refractivity contribution is 0.0685. The van der Waals surface area contributed by atoms with Gasteiger partial charge in [-0.05, 0) is 30.9 Å². The van der Waals surface area contributed by atoms with Gasteiger partial charge in [0.15, 0.2) is 0 Å². The van der Waals surface area contributed by atoms with Crippen LogP contribution in [0.25, 0.3) is 0 Å². The van der Waals surface area contributed by atoms with E-state index in [-0.39, 0.29) is 0 Å². The Kier molecular flexibility index (Phi) is 5.80. The predicted molar refractivity (Wildman–Crippen MR) is 83.0 cm³/mol. The summed E-state index contributed by atoms with van der Waals surface area (Å²) < 4.78 is 5.42. The Labute approximate surface area is 122 Å². The molecule has 0 atom stereocenters. The fraction of sp³-hybridized carbons (Fsp3) is 0.688. The van der Waals surface area contributed by atoms with E-state index in [0.29, 0.717) is 6.04 Å². The predicted octanol–water partition coefficient (Wildman–Crippen LogP) is 2.44. The Hall–Kier alpha value is -1.13. The van der Waals surface area contributed by atoms with E-state index in [1.54, 1.807) is 0 Å². The van der Waals surface area contributed by atoms with Crippen molar-refractivity contribution < 1.29 is 4.74 Å². The number of ether oxygens (including phenoxy) is 1. The highest BCUT2D eigenvalue weighted by Crippen LogP contribution is 2.20. The number of pyridine rings is 1. The molecule has 4 heteroatoms.